The summed E-state index contributed by atoms with van der Waals surface area (Å²) in [6.45, 7) is 3.90. The van der Waals surface area contributed by atoms with Crippen molar-refractivity contribution in [3.8, 4) is 0 Å². The Hall–Kier alpha value is -0.275. The smallest absolute Gasteiger partial charge is 0.423 e. The standard InChI is InChI=1S/C7H15BO2/c1-3-5-6-7(4-2)8(9)10/h4,9-10H,3,5-6H2,1-2H3. The first-order chi connectivity index (χ1) is 4.72. The Morgan fingerprint density at radius 3 is 2.40 bits per heavy atom. The van der Waals surface area contributed by atoms with E-state index >= 15 is 0 Å². The molecule has 0 aliphatic rings. The zero-order chi connectivity index (χ0) is 7.98. The highest BCUT2D eigenvalue weighted by molar-refractivity contribution is 6.50. The lowest BCUT2D eigenvalue weighted by molar-refractivity contribution is 0.415. The van der Waals surface area contributed by atoms with Gasteiger partial charge in [-0.25, -0.2) is 0 Å². The van der Waals surface area contributed by atoms with E-state index in [9.17, 15) is 0 Å². The van der Waals surface area contributed by atoms with Gasteiger partial charge in [-0.3, -0.25) is 0 Å². The van der Waals surface area contributed by atoms with Crippen LogP contribution in [0.1, 0.15) is 33.1 Å². The van der Waals surface area contributed by atoms with E-state index in [-0.39, 0.29) is 0 Å². The number of hydrogen-bond donors (Lipinski definition) is 2. The third-order valence-electron chi connectivity index (χ3n) is 1.52. The molecule has 0 fully saturated rings. The highest BCUT2D eigenvalue weighted by atomic mass is 16.4. The van der Waals surface area contributed by atoms with Gasteiger partial charge in [0.25, 0.3) is 0 Å². The monoisotopic (exact) mass is 142 g/mol. The molecule has 3 heteroatoms. The normalized spacial score (nSPS) is 11.8. The lowest BCUT2D eigenvalue weighted by Gasteiger charge is -2.02. The molecule has 0 amide bonds. The molecule has 2 N–H and O–H groups in total. The van der Waals surface area contributed by atoms with Gasteiger partial charge < -0.3 is 10.0 Å². The molecule has 0 heterocycles. The van der Waals surface area contributed by atoms with Gasteiger partial charge in [0.05, 0.1) is 0 Å². The molecule has 0 aromatic rings. The number of allylic oxidation sites excluding steroid dienone is 2. The molecule has 0 atom stereocenters. The fraction of sp³-hybridized carbons (Fsp3) is 0.714. The van der Waals surface area contributed by atoms with Crippen molar-refractivity contribution in [2.24, 2.45) is 0 Å². The zero-order valence-electron chi connectivity index (χ0n) is 6.67. The van der Waals surface area contributed by atoms with Gasteiger partial charge in [-0.1, -0.05) is 25.8 Å². The van der Waals surface area contributed by atoms with E-state index in [0.717, 1.165) is 24.7 Å². The van der Waals surface area contributed by atoms with Gasteiger partial charge in [-0.15, -0.1) is 0 Å². The minimum absolute atomic E-state index is 0.724. The van der Waals surface area contributed by atoms with E-state index in [1.54, 1.807) is 6.08 Å². The SMILES string of the molecule is CC=C(CCCC)B(O)O. The summed E-state index contributed by atoms with van der Waals surface area (Å²) in [5, 5.41) is 17.5. The van der Waals surface area contributed by atoms with Crippen LogP contribution in [0.3, 0.4) is 0 Å². The topological polar surface area (TPSA) is 40.5 Å². The molecule has 0 aromatic carbocycles. The van der Waals surface area contributed by atoms with E-state index in [0.29, 0.717) is 0 Å². The van der Waals surface area contributed by atoms with Gasteiger partial charge in [0.2, 0.25) is 0 Å². The third-order valence-corrected chi connectivity index (χ3v) is 1.52. The second kappa shape index (κ2) is 5.51. The van der Waals surface area contributed by atoms with Crippen molar-refractivity contribution in [1.29, 1.82) is 0 Å². The first-order valence-corrected chi connectivity index (χ1v) is 3.73. The first kappa shape index (κ1) is 9.72. The Bertz CT molecular complexity index is 110. The maximum atomic E-state index is 8.73. The first-order valence-electron chi connectivity index (χ1n) is 3.73. The van der Waals surface area contributed by atoms with E-state index in [4.69, 9.17) is 10.0 Å². The fourth-order valence-electron chi connectivity index (χ4n) is 0.803. The van der Waals surface area contributed by atoms with Crippen LogP contribution in [0.25, 0.3) is 0 Å². The van der Waals surface area contributed by atoms with Crippen molar-refractivity contribution in [1.82, 2.24) is 0 Å². The van der Waals surface area contributed by atoms with Crippen LogP contribution in [-0.4, -0.2) is 17.2 Å². The summed E-state index contributed by atoms with van der Waals surface area (Å²) in [6.07, 6.45) is 4.67. The fourth-order valence-corrected chi connectivity index (χ4v) is 0.803. The van der Waals surface area contributed by atoms with Gasteiger partial charge in [0.15, 0.2) is 0 Å². The van der Waals surface area contributed by atoms with E-state index < -0.39 is 7.12 Å². The number of rotatable bonds is 4. The van der Waals surface area contributed by atoms with E-state index in [1.165, 1.54) is 0 Å². The zero-order valence-corrected chi connectivity index (χ0v) is 6.67. The van der Waals surface area contributed by atoms with Crippen molar-refractivity contribution in [2.45, 2.75) is 33.1 Å². The minimum atomic E-state index is -1.25. The maximum absolute atomic E-state index is 8.73. The lowest BCUT2D eigenvalue weighted by atomic mass is 9.76. The van der Waals surface area contributed by atoms with Gasteiger partial charge in [-0.2, -0.15) is 0 Å². The summed E-state index contributed by atoms with van der Waals surface area (Å²) < 4.78 is 0. The summed E-state index contributed by atoms with van der Waals surface area (Å²) in [4.78, 5) is 0. The molecule has 0 unspecified atom stereocenters. The van der Waals surface area contributed by atoms with Gasteiger partial charge in [0.1, 0.15) is 0 Å². The van der Waals surface area contributed by atoms with Crippen molar-refractivity contribution in [3.05, 3.63) is 11.5 Å². The molecule has 0 aliphatic heterocycles. The molecule has 0 radical (unpaired) electrons. The molecule has 10 heavy (non-hydrogen) atoms. The average Bonchev–Trinajstić information content (AvgIpc) is 1.89. The third kappa shape index (κ3) is 3.69. The Morgan fingerprint density at radius 1 is 1.50 bits per heavy atom. The summed E-state index contributed by atoms with van der Waals surface area (Å²) in [5.74, 6) is 0. The highest BCUT2D eigenvalue weighted by Gasteiger charge is 2.11. The Labute approximate surface area is 62.7 Å². The van der Waals surface area contributed by atoms with Crippen LogP contribution in [0.5, 0.6) is 0 Å². The molecule has 0 spiro atoms. The van der Waals surface area contributed by atoms with Crippen molar-refractivity contribution in [3.63, 3.8) is 0 Å². The van der Waals surface area contributed by atoms with Crippen LogP contribution in [0, 0.1) is 0 Å². The number of hydrogen-bond acceptors (Lipinski definition) is 2. The van der Waals surface area contributed by atoms with Crippen LogP contribution in [-0.2, 0) is 0 Å². The molecule has 2 nitrogen and oxygen atoms in total. The van der Waals surface area contributed by atoms with Gasteiger partial charge >= 0.3 is 7.12 Å². The van der Waals surface area contributed by atoms with Crippen molar-refractivity contribution < 1.29 is 10.0 Å². The molecule has 0 bridgehead atoms. The molecule has 0 saturated heterocycles. The van der Waals surface area contributed by atoms with Gasteiger partial charge in [-0.05, 0) is 18.8 Å². The van der Waals surface area contributed by atoms with Crippen molar-refractivity contribution in [2.75, 3.05) is 0 Å². The molecular formula is C7H15BO2. The molecule has 0 aliphatic carbocycles. The lowest BCUT2D eigenvalue weighted by Crippen LogP contribution is -2.15. The quantitative estimate of drug-likeness (QED) is 0.577. The maximum Gasteiger partial charge on any atom is 0.483 e. The largest absolute Gasteiger partial charge is 0.483 e. The molecule has 58 valence electrons. The second-order valence-corrected chi connectivity index (χ2v) is 2.34. The van der Waals surface area contributed by atoms with Crippen LogP contribution < -0.4 is 0 Å². The molecule has 0 rings (SSSR count). The predicted molar refractivity (Wildman–Crippen MR) is 43.5 cm³/mol. The molecule has 0 aromatic heterocycles. The van der Waals surface area contributed by atoms with Gasteiger partial charge in [0, 0.05) is 0 Å². The minimum Gasteiger partial charge on any atom is -0.423 e. The predicted octanol–water partition coefficient (Wildman–Crippen LogP) is 1.13. The molecule has 0 saturated carbocycles. The summed E-state index contributed by atoms with van der Waals surface area (Å²) in [5.41, 5.74) is 0.724. The van der Waals surface area contributed by atoms with Crippen LogP contribution in [0.4, 0.5) is 0 Å². The van der Waals surface area contributed by atoms with E-state index in [2.05, 4.69) is 6.92 Å². The summed E-state index contributed by atoms with van der Waals surface area (Å²) >= 11 is 0. The van der Waals surface area contributed by atoms with Crippen molar-refractivity contribution >= 4 is 7.12 Å². The summed E-state index contributed by atoms with van der Waals surface area (Å²) in [6, 6.07) is 0. The van der Waals surface area contributed by atoms with Crippen LogP contribution in [0.15, 0.2) is 11.5 Å². The number of unbranched alkanes of at least 4 members (excludes halogenated alkanes) is 1. The Balaban J connectivity index is 3.63. The molecular weight excluding hydrogens is 127 g/mol. The van der Waals surface area contributed by atoms with Crippen LogP contribution in [0.2, 0.25) is 0 Å². The Morgan fingerprint density at radius 2 is 2.10 bits per heavy atom. The second-order valence-electron chi connectivity index (χ2n) is 2.34. The highest BCUT2D eigenvalue weighted by Crippen LogP contribution is 2.07. The van der Waals surface area contributed by atoms with Crippen LogP contribution >= 0.6 is 0 Å². The Kier molecular flexibility index (Phi) is 5.35. The summed E-state index contributed by atoms with van der Waals surface area (Å²) in [7, 11) is -1.25. The van der Waals surface area contributed by atoms with E-state index in [1.807, 2.05) is 6.92 Å². The average molecular weight is 142 g/mol.